The third-order valence-corrected chi connectivity index (χ3v) is 5.49. The molecule has 0 heterocycles. The van der Waals surface area contributed by atoms with E-state index in [0.29, 0.717) is 25.0 Å². The molecule has 5 heteroatoms. The van der Waals surface area contributed by atoms with E-state index in [1.54, 1.807) is 12.1 Å². The number of carbonyl (C=O) groups is 2. The van der Waals surface area contributed by atoms with E-state index in [9.17, 15) is 14.7 Å². The SMILES string of the molecule is O=C(NC(CCc1ccccc1)C(=O)O)c1ccc2cc(OCc3ccccc3)ccc2c1. The van der Waals surface area contributed by atoms with Crippen molar-refractivity contribution < 1.29 is 19.4 Å². The summed E-state index contributed by atoms with van der Waals surface area (Å²) in [6.07, 6.45) is 0.891. The number of nitrogens with one attached hydrogen (secondary N) is 1. The van der Waals surface area contributed by atoms with Crippen molar-refractivity contribution in [2.24, 2.45) is 0 Å². The van der Waals surface area contributed by atoms with E-state index in [-0.39, 0.29) is 0 Å². The molecule has 4 rings (SSSR count). The minimum absolute atomic E-state index is 0.320. The molecule has 4 aromatic carbocycles. The summed E-state index contributed by atoms with van der Waals surface area (Å²) >= 11 is 0. The summed E-state index contributed by atoms with van der Waals surface area (Å²) in [5.41, 5.74) is 2.55. The number of carboxylic acids is 1. The highest BCUT2D eigenvalue weighted by Gasteiger charge is 2.20. The van der Waals surface area contributed by atoms with E-state index in [2.05, 4.69) is 5.32 Å². The Morgan fingerprint density at radius 3 is 2.12 bits per heavy atom. The Kier molecular flexibility index (Phi) is 7.00. The zero-order valence-corrected chi connectivity index (χ0v) is 18.1. The van der Waals surface area contributed by atoms with Crippen LogP contribution in [0.2, 0.25) is 0 Å². The van der Waals surface area contributed by atoms with Crippen LogP contribution >= 0.6 is 0 Å². The Hall–Kier alpha value is -4.12. The molecule has 4 aromatic rings. The lowest BCUT2D eigenvalue weighted by Gasteiger charge is -2.15. The Bertz CT molecular complexity index is 1240. The Morgan fingerprint density at radius 2 is 1.42 bits per heavy atom. The van der Waals surface area contributed by atoms with Gasteiger partial charge in [-0.05, 0) is 59.0 Å². The van der Waals surface area contributed by atoms with Gasteiger partial charge < -0.3 is 15.2 Å². The molecule has 2 N–H and O–H groups in total. The molecule has 5 nitrogen and oxygen atoms in total. The molecular weight excluding hydrogens is 414 g/mol. The molecule has 0 aliphatic carbocycles. The molecule has 0 aliphatic rings. The van der Waals surface area contributed by atoms with Gasteiger partial charge >= 0.3 is 5.97 Å². The van der Waals surface area contributed by atoms with Crippen molar-refractivity contribution in [1.29, 1.82) is 0 Å². The van der Waals surface area contributed by atoms with Gasteiger partial charge in [-0.2, -0.15) is 0 Å². The maximum Gasteiger partial charge on any atom is 0.326 e. The van der Waals surface area contributed by atoms with Gasteiger partial charge in [0.1, 0.15) is 18.4 Å². The van der Waals surface area contributed by atoms with E-state index in [0.717, 1.165) is 27.6 Å². The summed E-state index contributed by atoms with van der Waals surface area (Å²) in [6.45, 7) is 0.479. The second kappa shape index (κ2) is 10.5. The highest BCUT2D eigenvalue weighted by atomic mass is 16.5. The lowest BCUT2D eigenvalue weighted by molar-refractivity contribution is -0.139. The first-order valence-electron chi connectivity index (χ1n) is 10.9. The molecule has 1 atom stereocenters. The van der Waals surface area contributed by atoms with Crippen LogP contribution in [-0.2, 0) is 17.8 Å². The van der Waals surface area contributed by atoms with Gasteiger partial charge in [0.25, 0.3) is 5.91 Å². The molecule has 0 saturated heterocycles. The van der Waals surface area contributed by atoms with Crippen LogP contribution in [0, 0.1) is 0 Å². The average Bonchev–Trinajstić information content (AvgIpc) is 2.85. The molecule has 166 valence electrons. The molecule has 0 fully saturated rings. The number of ether oxygens (including phenoxy) is 1. The summed E-state index contributed by atoms with van der Waals surface area (Å²) in [5, 5.41) is 14.0. The van der Waals surface area contributed by atoms with Gasteiger partial charge in [0, 0.05) is 5.56 Å². The first-order valence-corrected chi connectivity index (χ1v) is 10.9. The number of aliphatic carboxylic acids is 1. The molecule has 1 unspecified atom stereocenters. The van der Waals surface area contributed by atoms with Crippen LogP contribution in [0.4, 0.5) is 0 Å². The smallest absolute Gasteiger partial charge is 0.326 e. The summed E-state index contributed by atoms with van der Waals surface area (Å²) in [4.78, 5) is 24.4. The predicted octanol–water partition coefficient (Wildman–Crippen LogP) is 5.23. The lowest BCUT2D eigenvalue weighted by Crippen LogP contribution is -2.41. The minimum atomic E-state index is -1.04. The number of hydrogen-bond donors (Lipinski definition) is 2. The van der Waals surface area contributed by atoms with E-state index in [4.69, 9.17) is 4.74 Å². The normalized spacial score (nSPS) is 11.6. The maximum absolute atomic E-state index is 12.7. The van der Waals surface area contributed by atoms with Crippen LogP contribution in [-0.4, -0.2) is 23.0 Å². The van der Waals surface area contributed by atoms with Gasteiger partial charge in [0.15, 0.2) is 0 Å². The molecule has 33 heavy (non-hydrogen) atoms. The summed E-state index contributed by atoms with van der Waals surface area (Å²) in [5.74, 6) is -0.697. The summed E-state index contributed by atoms with van der Waals surface area (Å²) in [7, 11) is 0. The number of carbonyl (C=O) groups excluding carboxylic acids is 1. The van der Waals surface area contributed by atoms with Gasteiger partial charge in [-0.1, -0.05) is 72.8 Å². The van der Waals surface area contributed by atoms with Gasteiger partial charge in [0.05, 0.1) is 0 Å². The van der Waals surface area contributed by atoms with Gasteiger partial charge in [-0.25, -0.2) is 4.79 Å². The maximum atomic E-state index is 12.7. The third kappa shape index (κ3) is 5.98. The molecular formula is C28H25NO4. The molecule has 0 aromatic heterocycles. The number of benzene rings is 4. The van der Waals surface area contributed by atoms with E-state index >= 15 is 0 Å². The quantitative estimate of drug-likeness (QED) is 0.374. The predicted molar refractivity (Wildman–Crippen MR) is 128 cm³/mol. The molecule has 0 aliphatic heterocycles. The first kappa shape index (κ1) is 22.1. The monoisotopic (exact) mass is 439 g/mol. The second-order valence-electron chi connectivity index (χ2n) is 7.89. The molecule has 0 spiro atoms. The Balaban J connectivity index is 1.41. The fraction of sp³-hybridized carbons (Fsp3) is 0.143. The molecule has 0 bridgehead atoms. The van der Waals surface area contributed by atoms with Crippen molar-refractivity contribution in [3.63, 3.8) is 0 Å². The Labute approximate surface area is 192 Å². The van der Waals surface area contributed by atoms with Gasteiger partial charge in [-0.15, -0.1) is 0 Å². The number of rotatable bonds is 9. The second-order valence-corrected chi connectivity index (χ2v) is 7.89. The zero-order valence-electron chi connectivity index (χ0n) is 18.1. The van der Waals surface area contributed by atoms with Crippen LogP contribution < -0.4 is 10.1 Å². The Morgan fingerprint density at radius 1 is 0.788 bits per heavy atom. The topological polar surface area (TPSA) is 75.6 Å². The van der Waals surface area contributed by atoms with Crippen LogP contribution in [0.1, 0.15) is 27.9 Å². The van der Waals surface area contributed by atoms with E-state index in [1.807, 2.05) is 84.9 Å². The number of fused-ring (bicyclic) bond motifs is 1. The largest absolute Gasteiger partial charge is 0.489 e. The van der Waals surface area contributed by atoms with Crippen molar-refractivity contribution >= 4 is 22.6 Å². The summed E-state index contributed by atoms with van der Waals surface area (Å²) < 4.78 is 5.88. The van der Waals surface area contributed by atoms with Crippen molar-refractivity contribution in [1.82, 2.24) is 5.32 Å². The number of amides is 1. The van der Waals surface area contributed by atoms with Crippen LogP contribution in [0.15, 0.2) is 97.1 Å². The van der Waals surface area contributed by atoms with Gasteiger partial charge in [0.2, 0.25) is 0 Å². The van der Waals surface area contributed by atoms with E-state index in [1.165, 1.54) is 0 Å². The van der Waals surface area contributed by atoms with Crippen molar-refractivity contribution in [3.05, 3.63) is 114 Å². The fourth-order valence-electron chi connectivity index (χ4n) is 3.65. The first-order chi connectivity index (χ1) is 16.1. The van der Waals surface area contributed by atoms with Crippen LogP contribution in [0.3, 0.4) is 0 Å². The summed E-state index contributed by atoms with van der Waals surface area (Å²) in [6, 6.07) is 29.6. The highest BCUT2D eigenvalue weighted by molar-refractivity contribution is 6.00. The lowest BCUT2D eigenvalue weighted by atomic mass is 10.0. The molecule has 0 radical (unpaired) electrons. The van der Waals surface area contributed by atoms with Crippen LogP contribution in [0.25, 0.3) is 10.8 Å². The fourth-order valence-corrected chi connectivity index (χ4v) is 3.65. The van der Waals surface area contributed by atoms with E-state index < -0.39 is 17.9 Å². The van der Waals surface area contributed by atoms with Crippen LogP contribution in [0.5, 0.6) is 5.75 Å². The molecule has 1 amide bonds. The minimum Gasteiger partial charge on any atom is -0.489 e. The van der Waals surface area contributed by atoms with Crippen molar-refractivity contribution in [3.8, 4) is 5.75 Å². The van der Waals surface area contributed by atoms with Crippen molar-refractivity contribution in [2.45, 2.75) is 25.5 Å². The number of hydrogen-bond acceptors (Lipinski definition) is 3. The molecule has 0 saturated carbocycles. The zero-order chi connectivity index (χ0) is 23.0. The van der Waals surface area contributed by atoms with Gasteiger partial charge in [-0.3, -0.25) is 4.79 Å². The van der Waals surface area contributed by atoms with Crippen molar-refractivity contribution in [2.75, 3.05) is 0 Å². The number of carboxylic acid groups (broad SMARTS) is 1. The highest BCUT2D eigenvalue weighted by Crippen LogP contribution is 2.23. The standard InChI is InChI=1S/C28H25NO4/c30-27(29-26(28(31)32)16-11-20-7-3-1-4-8-20)24-13-12-23-18-25(15-14-22(23)17-24)33-19-21-9-5-2-6-10-21/h1-10,12-15,17-18,26H,11,16,19H2,(H,29,30)(H,31,32). The number of aryl methyl sites for hydroxylation is 1. The third-order valence-electron chi connectivity index (χ3n) is 5.49. The average molecular weight is 440 g/mol.